The third kappa shape index (κ3) is 5.54. The molecular weight excluding hydrogens is 521 g/mol. The highest BCUT2D eigenvalue weighted by Crippen LogP contribution is 2.35. The van der Waals surface area contributed by atoms with E-state index in [1.54, 1.807) is 6.07 Å². The van der Waals surface area contributed by atoms with Crippen molar-refractivity contribution in [1.29, 1.82) is 0 Å². The maximum atomic E-state index is 12.7. The van der Waals surface area contributed by atoms with Crippen LogP contribution in [-0.4, -0.2) is 59.0 Å². The molecule has 1 N–H and O–H groups in total. The van der Waals surface area contributed by atoms with Crippen LogP contribution in [-0.2, 0) is 0 Å². The molecule has 3 rings (SSSR count). The van der Waals surface area contributed by atoms with Crippen molar-refractivity contribution in [1.82, 2.24) is 9.88 Å². The normalized spacial score (nSPS) is 16.6. The van der Waals surface area contributed by atoms with Gasteiger partial charge in [-0.1, -0.05) is 0 Å². The van der Waals surface area contributed by atoms with Gasteiger partial charge in [0.2, 0.25) is 0 Å². The zero-order chi connectivity index (χ0) is 23.6. The van der Waals surface area contributed by atoms with Crippen LogP contribution in [0.3, 0.4) is 0 Å². The monoisotopic (exact) mass is 536 g/mol. The molecule has 1 saturated heterocycles. The molecule has 0 aliphatic carbocycles. The van der Waals surface area contributed by atoms with Crippen molar-refractivity contribution in [3.05, 3.63) is 46.6 Å². The Morgan fingerprint density at radius 1 is 1.28 bits per heavy atom. The number of halogens is 5. The summed E-state index contributed by atoms with van der Waals surface area (Å²) in [6, 6.07) is 6.58. The molecule has 1 aromatic carbocycles. The van der Waals surface area contributed by atoms with Crippen molar-refractivity contribution in [3.8, 4) is 5.75 Å². The largest absolute Gasteiger partial charge is 0.573 e. The summed E-state index contributed by atoms with van der Waals surface area (Å²) in [5, 5.41) is 9.12. The van der Waals surface area contributed by atoms with Gasteiger partial charge in [0.25, 0.3) is 5.91 Å². The Hall–Kier alpha value is -2.73. The predicted molar refractivity (Wildman–Crippen MR) is 114 cm³/mol. The Kier molecular flexibility index (Phi) is 7.03. The molecule has 2 heterocycles. The summed E-state index contributed by atoms with van der Waals surface area (Å²) in [5.74, 6) is -0.684. The molecule has 0 spiro atoms. The van der Waals surface area contributed by atoms with Crippen molar-refractivity contribution >= 4 is 51.2 Å². The molecule has 1 aliphatic rings. The van der Waals surface area contributed by atoms with Gasteiger partial charge in [0.1, 0.15) is 11.6 Å². The number of carbonyl (C=O) groups excluding carboxylic acids is 1. The number of ether oxygens (including phenoxy) is 1. The van der Waals surface area contributed by atoms with E-state index in [1.807, 2.05) is 11.8 Å². The van der Waals surface area contributed by atoms with E-state index in [2.05, 4.69) is 25.7 Å². The fourth-order valence-corrected chi connectivity index (χ4v) is 3.73. The van der Waals surface area contributed by atoms with E-state index in [-0.39, 0.29) is 21.8 Å². The molecule has 13 heteroatoms. The Morgan fingerprint density at radius 3 is 2.56 bits per heavy atom. The van der Waals surface area contributed by atoms with Crippen LogP contribution in [0, 0.1) is 0 Å². The van der Waals surface area contributed by atoms with Gasteiger partial charge in [-0.05, 0) is 47.1 Å². The number of hydrogen-bond acceptors (Lipinski definition) is 5. The minimum atomic E-state index is -4.91. The van der Waals surface area contributed by atoms with Gasteiger partial charge >= 0.3 is 12.5 Å². The summed E-state index contributed by atoms with van der Waals surface area (Å²) in [4.78, 5) is 31.3. The Balaban J connectivity index is 1.73. The number of aromatic nitrogens is 1. The number of carbonyl (C=O) groups is 2. The van der Waals surface area contributed by atoms with Crippen molar-refractivity contribution in [2.45, 2.75) is 19.3 Å². The number of carboxylic acid groups (broad SMARTS) is 1. The maximum absolute atomic E-state index is 12.7. The lowest BCUT2D eigenvalue weighted by molar-refractivity contribution is -0.274. The number of piperazine rings is 1. The van der Waals surface area contributed by atoms with Crippen molar-refractivity contribution in [2.75, 3.05) is 29.0 Å². The second-order valence-corrected chi connectivity index (χ2v) is 8.12. The average molecular weight is 538 g/mol. The standard InChI is InChI=1S/C19H17BrClF3N4O4/c1-11-10-26(18(30)31)6-7-27(11)16-5-2-12(9-25-16)17(29)28(21)13-3-4-14(20)15(8-13)32-19(22,23)24/h2-5,8-9,11H,6-7,10H2,1H3,(H,30,31). The quantitative estimate of drug-likeness (QED) is 0.568. The Morgan fingerprint density at radius 2 is 2.00 bits per heavy atom. The number of anilines is 2. The van der Waals surface area contributed by atoms with Crippen LogP contribution in [0.25, 0.3) is 0 Å². The van der Waals surface area contributed by atoms with Crippen molar-refractivity contribution in [3.63, 3.8) is 0 Å². The first-order valence-corrected chi connectivity index (χ1v) is 10.4. The van der Waals surface area contributed by atoms with Crippen LogP contribution in [0.4, 0.5) is 29.5 Å². The molecule has 1 atom stereocenters. The molecule has 0 radical (unpaired) electrons. The molecule has 2 amide bonds. The van der Waals surface area contributed by atoms with Crippen LogP contribution in [0.2, 0.25) is 0 Å². The zero-order valence-electron chi connectivity index (χ0n) is 16.5. The van der Waals surface area contributed by atoms with Gasteiger partial charge in [0, 0.05) is 49.7 Å². The van der Waals surface area contributed by atoms with Crippen LogP contribution in [0.5, 0.6) is 5.75 Å². The van der Waals surface area contributed by atoms with Crippen molar-refractivity contribution < 1.29 is 32.6 Å². The van der Waals surface area contributed by atoms with Gasteiger partial charge in [-0.15, -0.1) is 13.2 Å². The Labute approximate surface area is 194 Å². The zero-order valence-corrected chi connectivity index (χ0v) is 18.9. The molecule has 0 saturated carbocycles. The van der Waals surface area contributed by atoms with E-state index in [1.165, 1.54) is 29.3 Å². The van der Waals surface area contributed by atoms with E-state index in [4.69, 9.17) is 16.9 Å². The summed E-state index contributed by atoms with van der Waals surface area (Å²) in [6.45, 7) is 2.95. The minimum absolute atomic E-state index is 0.0263. The number of pyridine rings is 1. The maximum Gasteiger partial charge on any atom is 0.573 e. The summed E-state index contributed by atoms with van der Waals surface area (Å²) >= 11 is 9.03. The number of rotatable bonds is 4. The third-order valence-electron chi connectivity index (χ3n) is 4.73. The molecule has 8 nitrogen and oxygen atoms in total. The third-order valence-corrected chi connectivity index (χ3v) is 5.74. The van der Waals surface area contributed by atoms with Gasteiger partial charge in [-0.3, -0.25) is 4.79 Å². The lowest BCUT2D eigenvalue weighted by Gasteiger charge is -2.39. The first-order valence-electron chi connectivity index (χ1n) is 9.22. The molecule has 1 aromatic heterocycles. The molecule has 2 aromatic rings. The number of hydrogen-bond donors (Lipinski definition) is 1. The summed E-state index contributed by atoms with van der Waals surface area (Å²) in [7, 11) is 0. The summed E-state index contributed by atoms with van der Waals surface area (Å²) in [5.41, 5.74) is 0.0865. The SMILES string of the molecule is CC1CN(C(=O)O)CCN1c1ccc(C(=O)N(Cl)c2ccc(Br)c(OC(F)(F)F)c2)cn1. The molecule has 32 heavy (non-hydrogen) atoms. The van der Waals surface area contributed by atoms with Gasteiger partial charge in [0.15, 0.2) is 0 Å². The van der Waals surface area contributed by atoms with E-state index in [0.29, 0.717) is 29.9 Å². The van der Waals surface area contributed by atoms with E-state index in [9.17, 15) is 22.8 Å². The molecule has 1 fully saturated rings. The molecule has 1 aliphatic heterocycles. The van der Waals surface area contributed by atoms with Crippen LogP contribution in [0.15, 0.2) is 41.0 Å². The second kappa shape index (κ2) is 9.41. The second-order valence-electron chi connectivity index (χ2n) is 6.92. The number of alkyl halides is 3. The number of amides is 2. The predicted octanol–water partition coefficient (Wildman–Crippen LogP) is 4.73. The van der Waals surface area contributed by atoms with E-state index in [0.717, 1.165) is 6.07 Å². The first-order chi connectivity index (χ1) is 15.0. The molecule has 0 bridgehead atoms. The highest BCUT2D eigenvalue weighted by molar-refractivity contribution is 9.10. The first kappa shape index (κ1) is 23.9. The fourth-order valence-electron chi connectivity index (χ4n) is 3.20. The van der Waals surface area contributed by atoms with Gasteiger partial charge in [-0.2, -0.15) is 0 Å². The lowest BCUT2D eigenvalue weighted by Crippen LogP contribution is -2.53. The van der Waals surface area contributed by atoms with Crippen LogP contribution in [0.1, 0.15) is 17.3 Å². The summed E-state index contributed by atoms with van der Waals surface area (Å²) in [6.07, 6.45) is -4.59. The van der Waals surface area contributed by atoms with E-state index < -0.39 is 24.1 Å². The van der Waals surface area contributed by atoms with Gasteiger partial charge < -0.3 is 19.6 Å². The Bertz CT molecular complexity index is 1010. The smallest absolute Gasteiger partial charge is 0.465 e. The number of nitrogens with zero attached hydrogens (tertiary/aromatic N) is 4. The fraction of sp³-hybridized carbons (Fsp3) is 0.316. The van der Waals surface area contributed by atoms with Crippen LogP contribution >= 0.6 is 27.7 Å². The molecule has 1 unspecified atom stereocenters. The minimum Gasteiger partial charge on any atom is -0.465 e. The topological polar surface area (TPSA) is 86.2 Å². The van der Waals surface area contributed by atoms with Crippen LogP contribution < -0.4 is 14.1 Å². The van der Waals surface area contributed by atoms with Gasteiger partial charge in [-0.25, -0.2) is 14.2 Å². The highest BCUT2D eigenvalue weighted by atomic mass is 79.9. The average Bonchev–Trinajstić information content (AvgIpc) is 2.73. The lowest BCUT2D eigenvalue weighted by atomic mass is 10.2. The highest BCUT2D eigenvalue weighted by Gasteiger charge is 2.32. The summed E-state index contributed by atoms with van der Waals surface area (Å²) < 4.78 is 42.3. The molecular formula is C19H17BrClF3N4O4. The van der Waals surface area contributed by atoms with Gasteiger partial charge in [0.05, 0.1) is 15.7 Å². The van der Waals surface area contributed by atoms with E-state index >= 15 is 0 Å². The molecule has 172 valence electrons. The van der Waals surface area contributed by atoms with Crippen molar-refractivity contribution in [2.24, 2.45) is 0 Å². The number of benzene rings is 1.